The Balaban J connectivity index is 1.17. The van der Waals surface area contributed by atoms with Crippen molar-refractivity contribution in [1.82, 2.24) is 15.1 Å². The number of piperazine rings is 1. The summed E-state index contributed by atoms with van der Waals surface area (Å²) in [6, 6.07) is 0.369. The van der Waals surface area contributed by atoms with E-state index in [2.05, 4.69) is 22.0 Å². The van der Waals surface area contributed by atoms with Crippen LogP contribution in [0.4, 0.5) is 0 Å². The molecular weight excluding hydrogens is 314 g/mol. The Morgan fingerprint density at radius 2 is 1.64 bits per heavy atom. The Morgan fingerprint density at radius 3 is 2.32 bits per heavy atom. The first kappa shape index (κ1) is 17.3. The van der Waals surface area contributed by atoms with Gasteiger partial charge in [0.25, 0.3) is 0 Å². The van der Waals surface area contributed by atoms with Crippen molar-refractivity contribution >= 4 is 11.8 Å². The molecule has 25 heavy (non-hydrogen) atoms. The number of fused-ring (bicyclic) bond motifs is 1. The molecule has 5 heteroatoms. The minimum absolute atomic E-state index is 0.163. The minimum Gasteiger partial charge on any atom is -0.352 e. The molecule has 0 unspecified atom stereocenters. The quantitative estimate of drug-likeness (QED) is 0.845. The van der Waals surface area contributed by atoms with E-state index in [0.29, 0.717) is 36.2 Å². The maximum Gasteiger partial charge on any atom is 0.234 e. The Bertz CT molecular complexity index is 505. The standard InChI is InChI=1S/C20H33N3O2/c1-14-4-2-5-15(12-14)21-18(24)13-22-8-10-23(11-9-22)20(25)19-16-6-3-7-17(16)19/h14-17,19H,2-13H2,1H3,(H,21,24)/t14-,15+,16-,17-/m1/s1. The van der Waals surface area contributed by atoms with Gasteiger partial charge >= 0.3 is 0 Å². The maximum absolute atomic E-state index is 12.6. The smallest absolute Gasteiger partial charge is 0.234 e. The van der Waals surface area contributed by atoms with Crippen molar-refractivity contribution in [1.29, 1.82) is 0 Å². The summed E-state index contributed by atoms with van der Waals surface area (Å²) in [5.74, 6) is 3.04. The van der Waals surface area contributed by atoms with E-state index in [1.54, 1.807) is 0 Å². The zero-order valence-corrected chi connectivity index (χ0v) is 15.6. The predicted octanol–water partition coefficient (Wildman–Crippen LogP) is 1.87. The molecule has 0 aromatic rings. The van der Waals surface area contributed by atoms with Gasteiger partial charge in [-0.2, -0.15) is 0 Å². The van der Waals surface area contributed by atoms with Crippen LogP contribution in [0.25, 0.3) is 0 Å². The molecule has 1 aliphatic heterocycles. The maximum atomic E-state index is 12.6. The lowest BCUT2D eigenvalue weighted by atomic mass is 9.87. The van der Waals surface area contributed by atoms with E-state index >= 15 is 0 Å². The van der Waals surface area contributed by atoms with Crippen molar-refractivity contribution in [3.63, 3.8) is 0 Å². The summed E-state index contributed by atoms with van der Waals surface area (Å²) in [4.78, 5) is 29.2. The highest BCUT2D eigenvalue weighted by atomic mass is 16.2. The molecule has 4 atom stereocenters. The van der Waals surface area contributed by atoms with Crippen LogP contribution < -0.4 is 5.32 Å². The van der Waals surface area contributed by atoms with Crippen LogP contribution in [-0.2, 0) is 9.59 Å². The minimum atomic E-state index is 0.163. The van der Waals surface area contributed by atoms with E-state index in [0.717, 1.165) is 44.9 Å². The Kier molecular flexibility index (Phi) is 5.03. The van der Waals surface area contributed by atoms with Gasteiger partial charge in [-0.1, -0.05) is 26.2 Å². The van der Waals surface area contributed by atoms with E-state index in [9.17, 15) is 9.59 Å². The van der Waals surface area contributed by atoms with Crippen molar-refractivity contribution < 1.29 is 9.59 Å². The summed E-state index contributed by atoms with van der Waals surface area (Å²) in [5, 5.41) is 3.22. The molecule has 5 nitrogen and oxygen atoms in total. The highest BCUT2D eigenvalue weighted by Gasteiger charge is 2.57. The fourth-order valence-corrected chi connectivity index (χ4v) is 5.57. The molecule has 1 heterocycles. The van der Waals surface area contributed by atoms with E-state index in [4.69, 9.17) is 0 Å². The molecule has 3 aliphatic carbocycles. The molecular formula is C20H33N3O2. The molecule has 0 aromatic heterocycles. The van der Waals surface area contributed by atoms with Crippen LogP contribution in [-0.4, -0.2) is 60.4 Å². The van der Waals surface area contributed by atoms with Crippen molar-refractivity contribution in [2.45, 2.75) is 57.9 Å². The van der Waals surface area contributed by atoms with E-state index in [-0.39, 0.29) is 5.91 Å². The summed E-state index contributed by atoms with van der Waals surface area (Å²) in [5.41, 5.74) is 0. The lowest BCUT2D eigenvalue weighted by molar-refractivity contribution is -0.135. The first-order valence-electron chi connectivity index (χ1n) is 10.4. The van der Waals surface area contributed by atoms with Crippen molar-refractivity contribution in [2.75, 3.05) is 32.7 Å². The molecule has 0 spiro atoms. The number of nitrogens with one attached hydrogen (secondary N) is 1. The summed E-state index contributed by atoms with van der Waals surface area (Å²) in [6.45, 7) is 6.03. The topological polar surface area (TPSA) is 52.7 Å². The van der Waals surface area contributed by atoms with E-state index in [1.165, 1.54) is 32.1 Å². The molecule has 1 saturated heterocycles. The summed E-state index contributed by atoms with van der Waals surface area (Å²) in [7, 11) is 0. The molecule has 4 fully saturated rings. The van der Waals surface area contributed by atoms with Crippen LogP contribution in [0.2, 0.25) is 0 Å². The van der Waals surface area contributed by atoms with Gasteiger partial charge in [-0.05, 0) is 43.4 Å². The first-order chi connectivity index (χ1) is 12.1. The molecule has 4 aliphatic rings. The number of hydrogen-bond acceptors (Lipinski definition) is 3. The molecule has 0 aromatic carbocycles. The largest absolute Gasteiger partial charge is 0.352 e. The highest BCUT2D eigenvalue weighted by molar-refractivity contribution is 5.83. The van der Waals surface area contributed by atoms with Gasteiger partial charge in [-0.25, -0.2) is 0 Å². The number of hydrogen-bond donors (Lipinski definition) is 1. The average Bonchev–Trinajstić information content (AvgIpc) is 3.06. The van der Waals surface area contributed by atoms with Gasteiger partial charge in [-0.3, -0.25) is 14.5 Å². The molecule has 3 saturated carbocycles. The third kappa shape index (κ3) is 3.86. The third-order valence-electron chi connectivity index (χ3n) is 7.04. The molecule has 0 bridgehead atoms. The van der Waals surface area contributed by atoms with Crippen molar-refractivity contribution in [3.8, 4) is 0 Å². The van der Waals surface area contributed by atoms with Crippen LogP contribution in [0.1, 0.15) is 51.9 Å². The predicted molar refractivity (Wildman–Crippen MR) is 96.9 cm³/mol. The SMILES string of the molecule is C[C@@H]1CCC[C@H](NC(=O)CN2CCN(C(=O)C3[C@@H]4CCC[C@@H]34)CC2)C1. The normalized spacial score (nSPS) is 38.3. The first-order valence-corrected chi connectivity index (χ1v) is 10.4. The summed E-state index contributed by atoms with van der Waals surface area (Å²) >= 11 is 0. The Hall–Kier alpha value is -1.10. The van der Waals surface area contributed by atoms with Crippen LogP contribution in [0.5, 0.6) is 0 Å². The van der Waals surface area contributed by atoms with Gasteiger partial charge in [0.05, 0.1) is 6.54 Å². The zero-order chi connectivity index (χ0) is 17.4. The lowest BCUT2D eigenvalue weighted by Crippen LogP contribution is -2.52. The molecule has 2 amide bonds. The lowest BCUT2D eigenvalue weighted by Gasteiger charge is -2.35. The summed E-state index contributed by atoms with van der Waals surface area (Å²) in [6.07, 6.45) is 8.63. The molecule has 1 N–H and O–H groups in total. The number of amides is 2. The van der Waals surface area contributed by atoms with Crippen LogP contribution in [0, 0.1) is 23.7 Å². The van der Waals surface area contributed by atoms with Gasteiger partial charge in [0.1, 0.15) is 0 Å². The monoisotopic (exact) mass is 347 g/mol. The van der Waals surface area contributed by atoms with E-state index < -0.39 is 0 Å². The number of rotatable bonds is 4. The molecule has 4 rings (SSSR count). The van der Waals surface area contributed by atoms with Crippen LogP contribution in [0.15, 0.2) is 0 Å². The van der Waals surface area contributed by atoms with Crippen molar-refractivity contribution in [3.05, 3.63) is 0 Å². The van der Waals surface area contributed by atoms with Gasteiger partial charge in [0, 0.05) is 38.1 Å². The second-order valence-corrected chi connectivity index (χ2v) is 8.92. The number of nitrogens with zero attached hydrogens (tertiary/aromatic N) is 2. The van der Waals surface area contributed by atoms with Gasteiger partial charge in [0.2, 0.25) is 11.8 Å². The molecule has 140 valence electrons. The Morgan fingerprint density at radius 1 is 0.960 bits per heavy atom. The zero-order valence-electron chi connectivity index (χ0n) is 15.6. The third-order valence-corrected chi connectivity index (χ3v) is 7.04. The van der Waals surface area contributed by atoms with Gasteiger partial charge < -0.3 is 10.2 Å². The van der Waals surface area contributed by atoms with Gasteiger partial charge in [-0.15, -0.1) is 0 Å². The second-order valence-electron chi connectivity index (χ2n) is 8.92. The number of carbonyl (C=O) groups is 2. The average molecular weight is 348 g/mol. The highest BCUT2D eigenvalue weighted by Crippen LogP contribution is 2.58. The number of carbonyl (C=O) groups excluding carboxylic acids is 2. The van der Waals surface area contributed by atoms with Crippen LogP contribution in [0.3, 0.4) is 0 Å². The Labute approximate surface area is 151 Å². The second kappa shape index (κ2) is 7.26. The van der Waals surface area contributed by atoms with E-state index in [1.807, 2.05) is 0 Å². The summed E-state index contributed by atoms with van der Waals surface area (Å²) < 4.78 is 0. The van der Waals surface area contributed by atoms with Gasteiger partial charge in [0.15, 0.2) is 0 Å². The fourth-order valence-electron chi connectivity index (χ4n) is 5.57. The van der Waals surface area contributed by atoms with Crippen LogP contribution >= 0.6 is 0 Å². The van der Waals surface area contributed by atoms with Crippen molar-refractivity contribution in [2.24, 2.45) is 23.7 Å². The fraction of sp³-hybridized carbons (Fsp3) is 0.900. The molecule has 0 radical (unpaired) electrons.